The summed E-state index contributed by atoms with van der Waals surface area (Å²) < 4.78 is 45.1. The fraction of sp³-hybridized carbons (Fsp3) is 0.355. The van der Waals surface area contributed by atoms with Crippen LogP contribution in [0.4, 0.5) is 16.2 Å². The number of amides is 3. The van der Waals surface area contributed by atoms with Gasteiger partial charge in [-0.15, -0.1) is 0 Å². The molecular weight excluding hydrogens is 624 g/mol. The molecule has 0 radical (unpaired) electrons. The first-order valence-corrected chi connectivity index (χ1v) is 16.2. The summed E-state index contributed by atoms with van der Waals surface area (Å²) in [5.74, 6) is 0.949. The Balaban J connectivity index is 1.38. The third-order valence-electron chi connectivity index (χ3n) is 7.76. The van der Waals surface area contributed by atoms with Crippen molar-refractivity contribution in [3.05, 3.63) is 71.2 Å². The zero-order valence-corrected chi connectivity index (χ0v) is 26.6. The van der Waals surface area contributed by atoms with Crippen molar-refractivity contribution in [2.75, 3.05) is 44.2 Å². The number of hydrogen-bond acceptors (Lipinski definition) is 8. The number of aliphatic hydroxyl groups excluding tert-OH is 1. The monoisotopic (exact) mass is 658 g/mol. The van der Waals surface area contributed by atoms with E-state index in [1.807, 2.05) is 6.92 Å². The molecule has 5 rings (SSSR count). The van der Waals surface area contributed by atoms with Gasteiger partial charge in [0.05, 0.1) is 30.5 Å². The quantitative estimate of drug-likeness (QED) is 0.327. The smallest absolute Gasteiger partial charge is 0.323 e. The Morgan fingerprint density at radius 1 is 1.04 bits per heavy atom. The van der Waals surface area contributed by atoms with Crippen LogP contribution in [0.15, 0.2) is 65.6 Å². The number of nitrogens with zero attached hydrogens (tertiary/aromatic N) is 2. The highest BCUT2D eigenvalue weighted by Crippen LogP contribution is 2.34. The second kappa shape index (κ2) is 13.5. The van der Waals surface area contributed by atoms with E-state index in [-0.39, 0.29) is 49.6 Å². The average molecular weight is 659 g/mol. The van der Waals surface area contributed by atoms with Crippen LogP contribution >= 0.6 is 11.6 Å². The third-order valence-corrected chi connectivity index (χ3v) is 9.85. The summed E-state index contributed by atoms with van der Waals surface area (Å²) in [6.07, 6.45) is -0.722. The Kier molecular flexibility index (Phi) is 9.73. The van der Waals surface area contributed by atoms with Gasteiger partial charge in [-0.3, -0.25) is 4.79 Å². The lowest BCUT2D eigenvalue weighted by atomic mass is 10.0. The molecule has 240 valence electrons. The molecule has 3 N–H and O–H groups in total. The SMILES string of the molecule is C[C@H](CO)N1C[C@H](C)[C@H](CN(C)S(=O)(=O)c2ccc(Cl)cc2)Oc2ccc(NC(=O)Nc3ccc4c(c3)OCO4)cc2CC1=O. The van der Waals surface area contributed by atoms with Gasteiger partial charge in [-0.2, -0.15) is 4.31 Å². The van der Waals surface area contributed by atoms with Crippen LogP contribution in [0.25, 0.3) is 0 Å². The fourth-order valence-corrected chi connectivity index (χ4v) is 6.44. The van der Waals surface area contributed by atoms with E-state index in [2.05, 4.69) is 10.6 Å². The summed E-state index contributed by atoms with van der Waals surface area (Å²) in [5, 5.41) is 15.8. The molecule has 0 saturated heterocycles. The number of likely N-dealkylation sites (N-methyl/N-ethyl adjacent to an activating group) is 1. The molecule has 0 saturated carbocycles. The molecule has 2 heterocycles. The van der Waals surface area contributed by atoms with Crippen molar-refractivity contribution in [3.63, 3.8) is 0 Å². The highest BCUT2D eigenvalue weighted by atomic mass is 35.5. The molecule has 3 aromatic carbocycles. The van der Waals surface area contributed by atoms with Crippen molar-refractivity contribution in [2.24, 2.45) is 5.92 Å². The molecule has 3 amide bonds. The van der Waals surface area contributed by atoms with E-state index in [9.17, 15) is 23.1 Å². The zero-order chi connectivity index (χ0) is 32.3. The van der Waals surface area contributed by atoms with Gasteiger partial charge in [0.25, 0.3) is 0 Å². The number of carbonyl (C=O) groups is 2. The summed E-state index contributed by atoms with van der Waals surface area (Å²) >= 11 is 5.96. The van der Waals surface area contributed by atoms with Crippen molar-refractivity contribution in [2.45, 2.75) is 37.3 Å². The predicted molar refractivity (Wildman–Crippen MR) is 168 cm³/mol. The van der Waals surface area contributed by atoms with Gasteiger partial charge >= 0.3 is 6.03 Å². The van der Waals surface area contributed by atoms with Crippen LogP contribution in [0.3, 0.4) is 0 Å². The van der Waals surface area contributed by atoms with Gasteiger partial charge in [0.2, 0.25) is 22.7 Å². The minimum atomic E-state index is -3.88. The van der Waals surface area contributed by atoms with E-state index < -0.39 is 28.2 Å². The van der Waals surface area contributed by atoms with Crippen molar-refractivity contribution in [1.82, 2.24) is 9.21 Å². The molecule has 0 unspecified atom stereocenters. The van der Waals surface area contributed by atoms with Gasteiger partial charge in [-0.05, 0) is 61.5 Å². The number of nitrogens with one attached hydrogen (secondary N) is 2. The molecule has 3 atom stereocenters. The number of fused-ring (bicyclic) bond motifs is 2. The van der Waals surface area contributed by atoms with Crippen LogP contribution < -0.4 is 24.8 Å². The minimum Gasteiger partial charge on any atom is -0.488 e. The van der Waals surface area contributed by atoms with Crippen LogP contribution in [-0.4, -0.2) is 80.4 Å². The molecule has 2 aliphatic rings. The zero-order valence-electron chi connectivity index (χ0n) is 25.0. The first-order chi connectivity index (χ1) is 21.4. The van der Waals surface area contributed by atoms with Crippen molar-refractivity contribution < 1.29 is 37.3 Å². The molecule has 0 fully saturated rings. The third kappa shape index (κ3) is 7.44. The van der Waals surface area contributed by atoms with Crippen molar-refractivity contribution in [1.29, 1.82) is 0 Å². The highest BCUT2D eigenvalue weighted by molar-refractivity contribution is 7.89. The lowest BCUT2D eigenvalue weighted by Gasteiger charge is -2.33. The van der Waals surface area contributed by atoms with Gasteiger partial charge in [-0.25, -0.2) is 13.2 Å². The number of urea groups is 1. The summed E-state index contributed by atoms with van der Waals surface area (Å²) in [4.78, 5) is 28.0. The van der Waals surface area contributed by atoms with Crippen LogP contribution in [0.5, 0.6) is 17.2 Å². The van der Waals surface area contributed by atoms with E-state index in [0.29, 0.717) is 39.2 Å². The number of halogens is 1. The number of sulfonamides is 1. The number of hydrogen-bond donors (Lipinski definition) is 3. The fourth-order valence-electron chi connectivity index (χ4n) is 5.13. The summed E-state index contributed by atoms with van der Waals surface area (Å²) in [7, 11) is -2.41. The molecule has 3 aromatic rings. The molecule has 0 aliphatic carbocycles. The second-order valence-electron chi connectivity index (χ2n) is 11.1. The molecule has 45 heavy (non-hydrogen) atoms. The molecular formula is C31H35ClN4O8S. The molecule has 12 nitrogen and oxygen atoms in total. The molecule has 14 heteroatoms. The lowest BCUT2D eigenvalue weighted by molar-refractivity contribution is -0.134. The van der Waals surface area contributed by atoms with Crippen LogP contribution in [0.1, 0.15) is 19.4 Å². The number of rotatable bonds is 8. The maximum Gasteiger partial charge on any atom is 0.323 e. The van der Waals surface area contributed by atoms with Crippen LogP contribution in [-0.2, 0) is 21.2 Å². The van der Waals surface area contributed by atoms with E-state index >= 15 is 0 Å². The largest absolute Gasteiger partial charge is 0.488 e. The summed E-state index contributed by atoms with van der Waals surface area (Å²) in [5.41, 5.74) is 1.41. The first-order valence-electron chi connectivity index (χ1n) is 14.3. The van der Waals surface area contributed by atoms with E-state index in [4.69, 9.17) is 25.8 Å². The van der Waals surface area contributed by atoms with E-state index in [1.165, 1.54) is 35.6 Å². The maximum absolute atomic E-state index is 13.5. The minimum absolute atomic E-state index is 0.0148. The number of benzene rings is 3. The summed E-state index contributed by atoms with van der Waals surface area (Å²) in [6.45, 7) is 3.71. The van der Waals surface area contributed by atoms with Crippen molar-refractivity contribution >= 4 is 44.9 Å². The number of aliphatic hydroxyl groups is 1. The number of carbonyl (C=O) groups excluding carboxylic acids is 2. The summed E-state index contributed by atoms with van der Waals surface area (Å²) in [6, 6.07) is 14.9. The van der Waals surface area contributed by atoms with Gasteiger partial charge < -0.3 is 34.9 Å². The Bertz CT molecular complexity index is 1670. The topological polar surface area (TPSA) is 147 Å². The number of ether oxygens (including phenoxy) is 3. The van der Waals surface area contributed by atoms with Gasteiger partial charge in [0.1, 0.15) is 11.9 Å². The van der Waals surface area contributed by atoms with Gasteiger partial charge in [0, 0.05) is 47.5 Å². The van der Waals surface area contributed by atoms with Crippen LogP contribution in [0.2, 0.25) is 5.02 Å². The van der Waals surface area contributed by atoms with Gasteiger partial charge in [0.15, 0.2) is 11.5 Å². The molecule has 0 aromatic heterocycles. The van der Waals surface area contributed by atoms with Crippen LogP contribution in [0, 0.1) is 5.92 Å². The Morgan fingerprint density at radius 3 is 2.38 bits per heavy atom. The Morgan fingerprint density at radius 2 is 1.69 bits per heavy atom. The molecule has 2 aliphatic heterocycles. The second-order valence-corrected chi connectivity index (χ2v) is 13.6. The van der Waals surface area contributed by atoms with Crippen molar-refractivity contribution in [3.8, 4) is 17.2 Å². The molecule has 0 spiro atoms. The van der Waals surface area contributed by atoms with E-state index in [0.717, 1.165) is 0 Å². The number of anilines is 2. The standard InChI is InChI=1S/C31H35ClN4O8S/c1-19-15-36(20(2)17-37)30(38)13-21-12-23(33-31(39)34-24-7-11-27-28(14-24)43-18-42-27)6-10-26(21)44-29(19)16-35(3)45(40,41)25-8-4-22(32)5-9-25/h4-12,14,19-20,29,37H,13,15-18H2,1-3H3,(H2,33,34,39)/t19-,20+,29-/m0/s1. The Hall–Kier alpha value is -4.04. The van der Waals surface area contributed by atoms with E-state index in [1.54, 1.807) is 48.2 Å². The first kappa shape index (κ1) is 32.4. The predicted octanol–water partition coefficient (Wildman–Crippen LogP) is 4.18. The highest BCUT2D eigenvalue weighted by Gasteiger charge is 2.33. The Labute approximate surface area is 266 Å². The van der Waals surface area contributed by atoms with Gasteiger partial charge in [-0.1, -0.05) is 18.5 Å². The maximum atomic E-state index is 13.5. The lowest BCUT2D eigenvalue weighted by Crippen LogP contribution is -2.48. The molecule has 0 bridgehead atoms. The normalized spacial score (nSPS) is 18.7. The average Bonchev–Trinajstić information content (AvgIpc) is 3.49.